The van der Waals surface area contributed by atoms with Crippen LogP contribution in [0.1, 0.15) is 31.7 Å². The molecular weight excluding hydrogens is 245 g/mol. The topological polar surface area (TPSA) is 29.5 Å². The Bertz CT molecular complexity index is 392. The van der Waals surface area contributed by atoms with Gasteiger partial charge in [0.25, 0.3) is 0 Å². The molecule has 0 spiro atoms. The molecule has 3 nitrogen and oxygen atoms in total. The van der Waals surface area contributed by atoms with E-state index < -0.39 is 0 Å². The standard InChI is InChI=1S/C15H22FNO2/c1-4-19-10-9-17(3)15(18)11-12(2)13-5-7-14(16)8-6-13/h5-8,12H,4,9-11H2,1-3H3/t12-/m0/s1. The first-order valence-corrected chi connectivity index (χ1v) is 6.61. The number of ether oxygens (including phenoxy) is 1. The van der Waals surface area contributed by atoms with E-state index in [-0.39, 0.29) is 17.6 Å². The normalized spacial score (nSPS) is 12.2. The first kappa shape index (κ1) is 15.6. The van der Waals surface area contributed by atoms with Gasteiger partial charge in [-0.25, -0.2) is 4.39 Å². The van der Waals surface area contributed by atoms with Crippen LogP contribution in [0.25, 0.3) is 0 Å². The maximum Gasteiger partial charge on any atom is 0.222 e. The lowest BCUT2D eigenvalue weighted by atomic mass is 9.97. The highest BCUT2D eigenvalue weighted by Crippen LogP contribution is 2.19. The molecule has 1 amide bonds. The summed E-state index contributed by atoms with van der Waals surface area (Å²) in [5.41, 5.74) is 0.980. The summed E-state index contributed by atoms with van der Waals surface area (Å²) >= 11 is 0. The van der Waals surface area contributed by atoms with Gasteiger partial charge in [-0.3, -0.25) is 4.79 Å². The zero-order valence-corrected chi connectivity index (χ0v) is 11.9. The number of carbonyl (C=O) groups is 1. The molecule has 1 aromatic carbocycles. The van der Waals surface area contributed by atoms with Gasteiger partial charge in [0, 0.05) is 26.6 Å². The number of nitrogens with zero attached hydrogens (tertiary/aromatic N) is 1. The SMILES string of the molecule is CCOCCN(C)C(=O)C[C@H](C)c1ccc(F)cc1. The minimum atomic E-state index is -0.254. The summed E-state index contributed by atoms with van der Waals surface area (Å²) in [4.78, 5) is 13.7. The van der Waals surface area contributed by atoms with Gasteiger partial charge in [0.15, 0.2) is 0 Å². The van der Waals surface area contributed by atoms with E-state index in [1.807, 2.05) is 13.8 Å². The summed E-state index contributed by atoms with van der Waals surface area (Å²) in [5, 5.41) is 0. The van der Waals surface area contributed by atoms with Crippen molar-refractivity contribution >= 4 is 5.91 Å². The van der Waals surface area contributed by atoms with Gasteiger partial charge in [0.2, 0.25) is 5.91 Å². The van der Waals surface area contributed by atoms with Gasteiger partial charge >= 0.3 is 0 Å². The summed E-state index contributed by atoms with van der Waals surface area (Å²) in [5.74, 6) is -0.0877. The van der Waals surface area contributed by atoms with E-state index in [0.29, 0.717) is 26.2 Å². The van der Waals surface area contributed by atoms with Crippen molar-refractivity contribution in [2.45, 2.75) is 26.2 Å². The van der Waals surface area contributed by atoms with Crippen LogP contribution in [0.5, 0.6) is 0 Å². The van der Waals surface area contributed by atoms with Gasteiger partial charge in [0.1, 0.15) is 5.82 Å². The zero-order valence-electron chi connectivity index (χ0n) is 11.9. The van der Waals surface area contributed by atoms with Crippen molar-refractivity contribution in [2.75, 3.05) is 26.8 Å². The van der Waals surface area contributed by atoms with E-state index >= 15 is 0 Å². The Kier molecular flexibility index (Phi) is 6.50. The third-order valence-corrected chi connectivity index (χ3v) is 3.12. The lowest BCUT2D eigenvalue weighted by Crippen LogP contribution is -2.30. The largest absolute Gasteiger partial charge is 0.380 e. The Morgan fingerprint density at radius 1 is 1.37 bits per heavy atom. The molecule has 0 aliphatic rings. The molecule has 4 heteroatoms. The summed E-state index contributed by atoms with van der Waals surface area (Å²) in [7, 11) is 1.78. The van der Waals surface area contributed by atoms with Crippen molar-refractivity contribution < 1.29 is 13.9 Å². The average Bonchev–Trinajstić information content (AvgIpc) is 2.39. The second-order valence-corrected chi connectivity index (χ2v) is 4.67. The molecule has 0 unspecified atom stereocenters. The van der Waals surface area contributed by atoms with Crippen LogP contribution in [0.3, 0.4) is 0 Å². The Labute approximate surface area is 114 Å². The highest BCUT2D eigenvalue weighted by Gasteiger charge is 2.14. The molecule has 0 radical (unpaired) electrons. The summed E-state index contributed by atoms with van der Waals surface area (Å²) in [6, 6.07) is 6.31. The van der Waals surface area contributed by atoms with Crippen molar-refractivity contribution in [3.8, 4) is 0 Å². The highest BCUT2D eigenvalue weighted by molar-refractivity contribution is 5.76. The number of rotatable bonds is 7. The number of likely N-dealkylation sites (N-methyl/N-ethyl adjacent to an activating group) is 1. The smallest absolute Gasteiger partial charge is 0.222 e. The summed E-state index contributed by atoms with van der Waals surface area (Å²) in [6.45, 7) is 5.72. The van der Waals surface area contributed by atoms with Crippen LogP contribution < -0.4 is 0 Å². The number of halogens is 1. The molecule has 0 aromatic heterocycles. The van der Waals surface area contributed by atoms with E-state index in [0.717, 1.165) is 5.56 Å². The molecule has 19 heavy (non-hydrogen) atoms. The number of hydrogen-bond donors (Lipinski definition) is 0. The van der Waals surface area contributed by atoms with Gasteiger partial charge in [0.05, 0.1) is 6.61 Å². The van der Waals surface area contributed by atoms with E-state index in [2.05, 4.69) is 0 Å². The fourth-order valence-corrected chi connectivity index (χ4v) is 1.80. The van der Waals surface area contributed by atoms with Crippen LogP contribution in [-0.2, 0) is 9.53 Å². The zero-order chi connectivity index (χ0) is 14.3. The predicted molar refractivity (Wildman–Crippen MR) is 73.6 cm³/mol. The summed E-state index contributed by atoms with van der Waals surface area (Å²) < 4.78 is 18.0. The molecule has 0 N–H and O–H groups in total. The second kappa shape index (κ2) is 7.89. The first-order valence-electron chi connectivity index (χ1n) is 6.61. The maximum absolute atomic E-state index is 12.8. The van der Waals surface area contributed by atoms with Crippen LogP contribution in [0.2, 0.25) is 0 Å². The quantitative estimate of drug-likeness (QED) is 0.711. The molecule has 1 rings (SSSR count). The van der Waals surface area contributed by atoms with Gasteiger partial charge in [-0.15, -0.1) is 0 Å². The van der Waals surface area contributed by atoms with Gasteiger partial charge < -0.3 is 9.64 Å². The van der Waals surface area contributed by atoms with E-state index in [1.54, 1.807) is 24.1 Å². The van der Waals surface area contributed by atoms with Crippen LogP contribution in [0.4, 0.5) is 4.39 Å². The Morgan fingerprint density at radius 3 is 2.58 bits per heavy atom. The molecule has 0 bridgehead atoms. The van der Waals surface area contributed by atoms with Crippen LogP contribution in [0, 0.1) is 5.82 Å². The second-order valence-electron chi connectivity index (χ2n) is 4.67. The highest BCUT2D eigenvalue weighted by atomic mass is 19.1. The Balaban J connectivity index is 2.44. The molecule has 1 aromatic rings. The first-order chi connectivity index (χ1) is 9.04. The van der Waals surface area contributed by atoms with Crippen molar-refractivity contribution in [3.63, 3.8) is 0 Å². The van der Waals surface area contributed by atoms with Gasteiger partial charge in [-0.2, -0.15) is 0 Å². The lowest BCUT2D eigenvalue weighted by Gasteiger charge is -2.19. The summed E-state index contributed by atoms with van der Waals surface area (Å²) in [6.07, 6.45) is 0.425. The minimum Gasteiger partial charge on any atom is -0.380 e. The molecule has 1 atom stereocenters. The molecule has 0 saturated heterocycles. The van der Waals surface area contributed by atoms with Crippen molar-refractivity contribution in [1.82, 2.24) is 4.90 Å². The van der Waals surface area contributed by atoms with Crippen LogP contribution in [0.15, 0.2) is 24.3 Å². The third kappa shape index (κ3) is 5.39. The Morgan fingerprint density at radius 2 is 2.00 bits per heavy atom. The van der Waals surface area contributed by atoms with Crippen molar-refractivity contribution in [2.24, 2.45) is 0 Å². The molecule has 0 aliphatic carbocycles. The molecule has 0 heterocycles. The molecule has 0 aliphatic heterocycles. The van der Waals surface area contributed by atoms with Crippen molar-refractivity contribution in [3.05, 3.63) is 35.6 Å². The molecular formula is C15H22FNO2. The van der Waals surface area contributed by atoms with Gasteiger partial charge in [-0.1, -0.05) is 19.1 Å². The number of carbonyl (C=O) groups excluding carboxylic acids is 1. The number of amides is 1. The van der Waals surface area contributed by atoms with Crippen molar-refractivity contribution in [1.29, 1.82) is 0 Å². The Hall–Kier alpha value is -1.42. The number of benzene rings is 1. The molecule has 0 fully saturated rings. The fourth-order valence-electron chi connectivity index (χ4n) is 1.80. The monoisotopic (exact) mass is 267 g/mol. The van der Waals surface area contributed by atoms with Crippen LogP contribution in [-0.4, -0.2) is 37.6 Å². The third-order valence-electron chi connectivity index (χ3n) is 3.12. The lowest BCUT2D eigenvalue weighted by molar-refractivity contribution is -0.130. The minimum absolute atomic E-state index is 0.0801. The average molecular weight is 267 g/mol. The van der Waals surface area contributed by atoms with E-state index in [9.17, 15) is 9.18 Å². The number of hydrogen-bond acceptors (Lipinski definition) is 2. The molecule has 106 valence electrons. The van der Waals surface area contributed by atoms with Gasteiger partial charge in [-0.05, 0) is 30.5 Å². The molecule has 0 saturated carbocycles. The predicted octanol–water partition coefficient (Wildman–Crippen LogP) is 2.81. The maximum atomic E-state index is 12.8. The fraction of sp³-hybridized carbons (Fsp3) is 0.533. The van der Waals surface area contributed by atoms with E-state index in [4.69, 9.17) is 4.74 Å². The van der Waals surface area contributed by atoms with Crippen LogP contribution >= 0.6 is 0 Å². The van der Waals surface area contributed by atoms with E-state index in [1.165, 1.54) is 12.1 Å².